The smallest absolute Gasteiger partial charge is 0.446 e. The van der Waals surface area contributed by atoms with E-state index in [0.717, 1.165) is 0 Å². The Hall–Kier alpha value is -1.72. The Bertz CT molecular complexity index is 568. The van der Waals surface area contributed by atoms with Crippen LogP contribution in [0.5, 0.6) is 0 Å². The van der Waals surface area contributed by atoms with Crippen molar-refractivity contribution in [1.29, 1.82) is 5.26 Å². The summed E-state index contributed by atoms with van der Waals surface area (Å²) < 4.78 is 42.4. The number of benzene rings is 1. The van der Waals surface area contributed by atoms with E-state index in [1.54, 1.807) is 13.0 Å². The molecule has 21 heavy (non-hydrogen) atoms. The van der Waals surface area contributed by atoms with Gasteiger partial charge < -0.3 is 10.5 Å². The van der Waals surface area contributed by atoms with Crippen LogP contribution in [0.25, 0.3) is 0 Å². The maximum atomic E-state index is 12.5. The topological polar surface area (TPSA) is 76.1 Å². The van der Waals surface area contributed by atoms with Gasteiger partial charge in [0.25, 0.3) is 0 Å². The van der Waals surface area contributed by atoms with Crippen LogP contribution in [0.3, 0.4) is 0 Å². The zero-order valence-corrected chi connectivity index (χ0v) is 12.0. The number of hydrogen-bond acceptors (Lipinski definition) is 5. The van der Waals surface area contributed by atoms with Crippen LogP contribution in [0.1, 0.15) is 23.6 Å². The minimum Gasteiger partial charge on any atom is -0.466 e. The molecular formula is C13H13F3N2O2S. The molecule has 0 aliphatic carbocycles. The molecule has 0 radical (unpaired) electrons. The highest BCUT2D eigenvalue weighted by Crippen LogP contribution is 2.39. The molecule has 114 valence electrons. The van der Waals surface area contributed by atoms with Crippen LogP contribution in [-0.4, -0.2) is 18.1 Å². The van der Waals surface area contributed by atoms with Gasteiger partial charge in [-0.3, -0.25) is 4.79 Å². The number of esters is 1. The summed E-state index contributed by atoms with van der Waals surface area (Å²) in [5.41, 5.74) is 1.42. The molecule has 1 aromatic carbocycles. The first-order valence-corrected chi connectivity index (χ1v) is 6.79. The minimum atomic E-state index is -4.53. The van der Waals surface area contributed by atoms with Gasteiger partial charge in [-0.1, -0.05) is 6.07 Å². The second kappa shape index (κ2) is 7.33. The fourth-order valence-electron chi connectivity index (χ4n) is 1.71. The number of hydrogen-bond donors (Lipinski definition) is 1. The van der Waals surface area contributed by atoms with Gasteiger partial charge in [0.1, 0.15) is 6.07 Å². The number of nitriles is 1. The van der Waals surface area contributed by atoms with Crippen LogP contribution >= 0.6 is 11.8 Å². The molecule has 0 bridgehead atoms. The largest absolute Gasteiger partial charge is 0.466 e. The predicted octanol–water partition coefficient (Wildman–Crippen LogP) is 2.73. The van der Waals surface area contributed by atoms with Crippen molar-refractivity contribution in [2.75, 3.05) is 6.61 Å². The van der Waals surface area contributed by atoms with Crippen molar-refractivity contribution in [3.05, 3.63) is 28.8 Å². The van der Waals surface area contributed by atoms with Gasteiger partial charge in [-0.25, -0.2) is 0 Å². The molecule has 8 heteroatoms. The molecule has 1 aromatic rings. The number of carbonyl (C=O) groups excluding carboxylic acids is 1. The van der Waals surface area contributed by atoms with E-state index >= 15 is 0 Å². The van der Waals surface area contributed by atoms with Gasteiger partial charge in [0, 0.05) is 11.4 Å². The zero-order chi connectivity index (χ0) is 16.0. The van der Waals surface area contributed by atoms with Crippen molar-refractivity contribution in [2.45, 2.75) is 30.3 Å². The Morgan fingerprint density at radius 2 is 2.14 bits per heavy atom. The molecule has 2 N–H and O–H groups in total. The number of nitrogens with zero attached hydrogens (tertiary/aromatic N) is 1. The molecule has 0 saturated heterocycles. The molecular weight excluding hydrogens is 305 g/mol. The fraction of sp³-hybridized carbons (Fsp3) is 0.385. The van der Waals surface area contributed by atoms with Crippen molar-refractivity contribution in [3.63, 3.8) is 0 Å². The molecule has 4 nitrogen and oxygen atoms in total. The van der Waals surface area contributed by atoms with Gasteiger partial charge in [-0.05, 0) is 35.9 Å². The van der Waals surface area contributed by atoms with Crippen LogP contribution in [0.4, 0.5) is 13.2 Å². The summed E-state index contributed by atoms with van der Waals surface area (Å²) in [4.78, 5) is 11.2. The van der Waals surface area contributed by atoms with E-state index in [9.17, 15) is 18.0 Å². The Kier molecular flexibility index (Phi) is 6.05. The van der Waals surface area contributed by atoms with E-state index in [0.29, 0.717) is 5.56 Å². The molecule has 0 atom stereocenters. The van der Waals surface area contributed by atoms with Crippen molar-refractivity contribution < 1.29 is 22.7 Å². The number of carbonyl (C=O) groups is 1. The Morgan fingerprint density at radius 1 is 1.48 bits per heavy atom. The number of rotatable bonds is 5. The summed E-state index contributed by atoms with van der Waals surface area (Å²) in [7, 11) is 0. The van der Waals surface area contributed by atoms with E-state index in [2.05, 4.69) is 0 Å². The number of nitrogens with two attached hydrogens (primary N) is 1. The molecule has 0 aliphatic rings. The number of ether oxygens (including phenoxy) is 1. The normalized spacial score (nSPS) is 11.0. The van der Waals surface area contributed by atoms with E-state index in [1.165, 1.54) is 12.1 Å². The third-order valence-electron chi connectivity index (χ3n) is 2.45. The molecule has 0 spiro atoms. The van der Waals surface area contributed by atoms with Crippen molar-refractivity contribution >= 4 is 17.7 Å². The highest BCUT2D eigenvalue weighted by Gasteiger charge is 2.31. The van der Waals surface area contributed by atoms with Gasteiger partial charge in [-0.2, -0.15) is 18.4 Å². The van der Waals surface area contributed by atoms with Crippen LogP contribution in [0.15, 0.2) is 17.0 Å². The average molecular weight is 318 g/mol. The van der Waals surface area contributed by atoms with Crippen molar-refractivity contribution in [1.82, 2.24) is 0 Å². The molecule has 0 unspecified atom stereocenters. The molecule has 0 aliphatic heterocycles. The lowest BCUT2D eigenvalue weighted by atomic mass is 10.0. The summed E-state index contributed by atoms with van der Waals surface area (Å²) in [6, 6.07) is 4.35. The maximum Gasteiger partial charge on any atom is 0.446 e. The first-order valence-electron chi connectivity index (χ1n) is 5.98. The van der Waals surface area contributed by atoms with Crippen molar-refractivity contribution in [3.8, 4) is 6.07 Å². The fourth-order valence-corrected chi connectivity index (χ4v) is 2.45. The van der Waals surface area contributed by atoms with E-state index in [1.807, 2.05) is 0 Å². The van der Waals surface area contributed by atoms with Crippen LogP contribution in [0, 0.1) is 11.3 Å². The monoisotopic (exact) mass is 318 g/mol. The average Bonchev–Trinajstić information content (AvgIpc) is 2.36. The Labute approximate surface area is 124 Å². The van der Waals surface area contributed by atoms with E-state index < -0.39 is 23.2 Å². The van der Waals surface area contributed by atoms with Crippen LogP contribution < -0.4 is 5.73 Å². The number of thioether (sulfide) groups is 1. The lowest BCUT2D eigenvalue weighted by Gasteiger charge is -2.12. The van der Waals surface area contributed by atoms with Gasteiger partial charge in [0.05, 0.1) is 18.6 Å². The molecule has 0 aromatic heterocycles. The van der Waals surface area contributed by atoms with Crippen molar-refractivity contribution in [2.24, 2.45) is 5.73 Å². The highest BCUT2D eigenvalue weighted by atomic mass is 32.2. The van der Waals surface area contributed by atoms with Gasteiger partial charge in [0.15, 0.2) is 0 Å². The molecule has 0 fully saturated rings. The highest BCUT2D eigenvalue weighted by molar-refractivity contribution is 8.00. The molecule has 1 rings (SSSR count). The van der Waals surface area contributed by atoms with Crippen LogP contribution in [-0.2, 0) is 22.5 Å². The first kappa shape index (κ1) is 17.3. The Balaban J connectivity index is 3.21. The van der Waals surface area contributed by atoms with Gasteiger partial charge >= 0.3 is 11.5 Å². The number of halogens is 3. The second-order valence-corrected chi connectivity index (χ2v) is 5.08. The summed E-state index contributed by atoms with van der Waals surface area (Å²) in [5, 5.41) is 9.01. The number of alkyl halides is 3. The third-order valence-corrected chi connectivity index (χ3v) is 3.23. The second-order valence-electron chi connectivity index (χ2n) is 3.97. The van der Waals surface area contributed by atoms with Gasteiger partial charge in [0.2, 0.25) is 0 Å². The third kappa shape index (κ3) is 5.28. The lowest BCUT2D eigenvalue weighted by molar-refractivity contribution is -0.142. The van der Waals surface area contributed by atoms with Gasteiger partial charge in [-0.15, -0.1) is 0 Å². The van der Waals surface area contributed by atoms with Crippen LogP contribution in [0.2, 0.25) is 0 Å². The minimum absolute atomic E-state index is 0.0923. The zero-order valence-electron chi connectivity index (χ0n) is 11.2. The first-order chi connectivity index (χ1) is 9.80. The van der Waals surface area contributed by atoms with E-state index in [4.69, 9.17) is 15.7 Å². The maximum absolute atomic E-state index is 12.5. The summed E-state index contributed by atoms with van der Waals surface area (Å²) >= 11 is -0.394. The lowest BCUT2D eigenvalue weighted by Crippen LogP contribution is -2.10. The molecule has 0 amide bonds. The molecule has 0 saturated carbocycles. The Morgan fingerprint density at radius 3 is 2.62 bits per heavy atom. The summed E-state index contributed by atoms with van der Waals surface area (Å²) in [5.74, 6) is -0.548. The summed E-state index contributed by atoms with van der Waals surface area (Å²) in [6.07, 6.45) is -0.169. The SMILES string of the molecule is CCOC(=O)Cc1cc(CN)c(C#N)c(SC(F)(F)F)c1. The standard InChI is InChI=1S/C13H13F3N2O2S/c1-2-20-12(19)5-8-3-9(6-17)10(7-18)11(4-8)21-13(14,15)16/h3-4H,2,5-6,17H2,1H3. The van der Waals surface area contributed by atoms with E-state index in [-0.39, 0.29) is 35.6 Å². The summed E-state index contributed by atoms with van der Waals surface area (Å²) in [6.45, 7) is 1.72. The quantitative estimate of drug-likeness (QED) is 0.667. The molecule has 0 heterocycles. The predicted molar refractivity (Wildman–Crippen MR) is 71.3 cm³/mol.